The third-order valence-electron chi connectivity index (χ3n) is 5.10. The molecule has 1 saturated heterocycles. The minimum atomic E-state index is -0.279. The quantitative estimate of drug-likeness (QED) is 0.814. The molecule has 1 aliphatic heterocycles. The number of rotatable bonds is 5. The highest BCUT2D eigenvalue weighted by molar-refractivity contribution is 5.81. The molecule has 0 atom stereocenters. The number of aryl methyl sites for hydroxylation is 1. The second kappa shape index (κ2) is 5.94. The van der Waals surface area contributed by atoms with Crippen LogP contribution in [0.5, 0.6) is 0 Å². The van der Waals surface area contributed by atoms with E-state index in [2.05, 4.69) is 22.1 Å². The van der Waals surface area contributed by atoms with Gasteiger partial charge in [-0.3, -0.25) is 4.79 Å². The zero-order valence-electron chi connectivity index (χ0n) is 14.8. The number of carbonyl (C=O) groups is 1. The molecule has 2 fully saturated rings. The molecule has 2 aromatic rings. The highest BCUT2D eigenvalue weighted by Gasteiger charge is 2.49. The van der Waals surface area contributed by atoms with Crippen LogP contribution in [0, 0.1) is 5.92 Å². The molecular weight excluding hydrogens is 322 g/mol. The van der Waals surface area contributed by atoms with Crippen LogP contribution in [0.25, 0.3) is 11.6 Å². The van der Waals surface area contributed by atoms with E-state index >= 15 is 0 Å². The summed E-state index contributed by atoms with van der Waals surface area (Å²) in [4.78, 5) is 18.6. The summed E-state index contributed by atoms with van der Waals surface area (Å²) in [5.41, 5.74) is 0.382. The van der Waals surface area contributed by atoms with E-state index in [1.165, 1.54) is 0 Å². The van der Waals surface area contributed by atoms with Crippen molar-refractivity contribution in [1.29, 1.82) is 0 Å². The van der Waals surface area contributed by atoms with Gasteiger partial charge in [0.05, 0.1) is 17.8 Å². The molecule has 0 bridgehead atoms. The van der Waals surface area contributed by atoms with Gasteiger partial charge in [-0.25, -0.2) is 4.98 Å². The Morgan fingerprint density at radius 1 is 1.40 bits per heavy atom. The van der Waals surface area contributed by atoms with Crippen LogP contribution in [0.1, 0.15) is 32.6 Å². The van der Waals surface area contributed by atoms with E-state index in [1.54, 1.807) is 6.33 Å². The van der Waals surface area contributed by atoms with Gasteiger partial charge in [-0.15, -0.1) is 10.2 Å². The first-order valence-corrected chi connectivity index (χ1v) is 8.71. The van der Waals surface area contributed by atoms with Gasteiger partial charge in [-0.05, 0) is 26.7 Å². The van der Waals surface area contributed by atoms with Gasteiger partial charge in [0.1, 0.15) is 5.69 Å². The third kappa shape index (κ3) is 2.84. The lowest BCUT2D eigenvalue weighted by Crippen LogP contribution is -2.62. The van der Waals surface area contributed by atoms with Crippen LogP contribution in [-0.2, 0) is 22.0 Å². The molecule has 1 saturated carbocycles. The maximum absolute atomic E-state index is 12.5. The minimum absolute atomic E-state index is 0.105. The monoisotopic (exact) mass is 345 g/mol. The van der Waals surface area contributed by atoms with Crippen LogP contribution < -0.4 is 0 Å². The number of likely N-dealkylation sites (tertiary alicyclic amines) is 1. The summed E-state index contributed by atoms with van der Waals surface area (Å²) in [6.07, 6.45) is 5.46. The Labute approximate surface area is 146 Å². The Kier molecular flexibility index (Phi) is 3.87. The lowest BCUT2D eigenvalue weighted by Gasteiger charge is -2.48. The summed E-state index contributed by atoms with van der Waals surface area (Å²) in [7, 11) is 1.89. The lowest BCUT2D eigenvalue weighted by molar-refractivity contribution is -0.152. The van der Waals surface area contributed by atoms with Crippen molar-refractivity contribution < 1.29 is 13.9 Å². The normalized spacial score (nSPS) is 24.7. The lowest BCUT2D eigenvalue weighted by atomic mass is 9.77. The Morgan fingerprint density at radius 2 is 2.16 bits per heavy atom. The molecular formula is C17H23N5O3. The number of hydrogen-bond acceptors (Lipinski definition) is 6. The summed E-state index contributed by atoms with van der Waals surface area (Å²) < 4.78 is 13.2. The smallest absolute Gasteiger partial charge is 0.267 e. The van der Waals surface area contributed by atoms with Crippen molar-refractivity contribution in [2.24, 2.45) is 13.0 Å². The molecule has 0 unspecified atom stereocenters. The van der Waals surface area contributed by atoms with E-state index in [9.17, 15) is 4.79 Å². The molecule has 25 heavy (non-hydrogen) atoms. The van der Waals surface area contributed by atoms with Crippen LogP contribution in [0.15, 0.2) is 16.9 Å². The number of hydrogen-bond donors (Lipinski definition) is 0. The van der Waals surface area contributed by atoms with Crippen molar-refractivity contribution >= 4 is 5.91 Å². The number of imidazole rings is 1. The number of aromatic nitrogens is 4. The molecule has 0 spiro atoms. The van der Waals surface area contributed by atoms with E-state index in [-0.39, 0.29) is 23.3 Å². The van der Waals surface area contributed by atoms with Gasteiger partial charge in [-0.1, -0.05) is 0 Å². The standard InChI is InChI=1S/C17H23N5O3/c1-4-24-12-5-11(6-12)15(23)22-8-17(2,9-22)16-20-19-14(25-16)13-7-21(3)10-18-13/h7,10-12H,4-6,8-9H2,1-3H3. The van der Waals surface area contributed by atoms with E-state index in [0.717, 1.165) is 12.8 Å². The van der Waals surface area contributed by atoms with Crippen molar-refractivity contribution in [3.63, 3.8) is 0 Å². The summed E-state index contributed by atoms with van der Waals surface area (Å²) in [5.74, 6) is 1.31. The summed E-state index contributed by atoms with van der Waals surface area (Å²) in [5, 5.41) is 8.28. The van der Waals surface area contributed by atoms with Gasteiger partial charge in [0.2, 0.25) is 11.8 Å². The summed E-state index contributed by atoms with van der Waals surface area (Å²) in [6.45, 7) is 5.98. The molecule has 0 N–H and O–H groups in total. The average Bonchev–Trinajstić information content (AvgIpc) is 3.15. The van der Waals surface area contributed by atoms with Crippen molar-refractivity contribution in [3.8, 4) is 11.6 Å². The predicted molar refractivity (Wildman–Crippen MR) is 88.6 cm³/mol. The van der Waals surface area contributed by atoms with Crippen LogP contribution in [0.4, 0.5) is 0 Å². The first kappa shape index (κ1) is 16.3. The topological polar surface area (TPSA) is 86.3 Å². The maximum atomic E-state index is 12.5. The molecule has 0 radical (unpaired) electrons. The first-order chi connectivity index (χ1) is 12.0. The average molecular weight is 345 g/mol. The summed E-state index contributed by atoms with van der Waals surface area (Å²) >= 11 is 0. The van der Waals surface area contributed by atoms with E-state index < -0.39 is 0 Å². The molecule has 1 aliphatic carbocycles. The largest absolute Gasteiger partial charge is 0.418 e. The first-order valence-electron chi connectivity index (χ1n) is 8.71. The molecule has 0 aromatic carbocycles. The molecule has 1 amide bonds. The fourth-order valence-corrected chi connectivity index (χ4v) is 3.58. The van der Waals surface area contributed by atoms with Crippen LogP contribution in [0.2, 0.25) is 0 Å². The third-order valence-corrected chi connectivity index (χ3v) is 5.10. The zero-order valence-corrected chi connectivity index (χ0v) is 14.8. The zero-order chi connectivity index (χ0) is 17.6. The SMILES string of the molecule is CCOC1CC(C(=O)N2CC(C)(c3nnc(-c4cn(C)cn4)o3)C2)C1. The van der Waals surface area contributed by atoms with Gasteiger partial charge >= 0.3 is 0 Å². The molecule has 2 aromatic heterocycles. The molecule has 2 aliphatic rings. The van der Waals surface area contributed by atoms with Crippen molar-refractivity contribution in [2.45, 2.75) is 38.2 Å². The predicted octanol–water partition coefficient (Wildman–Crippen LogP) is 1.39. The van der Waals surface area contributed by atoms with Gasteiger partial charge in [0.25, 0.3) is 5.89 Å². The molecule has 4 rings (SSSR count). The van der Waals surface area contributed by atoms with Crippen LogP contribution in [0.3, 0.4) is 0 Å². The fraction of sp³-hybridized carbons (Fsp3) is 0.647. The number of nitrogens with zero attached hydrogens (tertiary/aromatic N) is 5. The highest BCUT2D eigenvalue weighted by atomic mass is 16.5. The highest BCUT2D eigenvalue weighted by Crippen LogP contribution is 2.38. The Hall–Kier alpha value is -2.22. The van der Waals surface area contributed by atoms with Gasteiger partial charge < -0.3 is 18.6 Å². The second-order valence-corrected chi connectivity index (χ2v) is 7.34. The Bertz CT molecular complexity index is 771. The van der Waals surface area contributed by atoms with Gasteiger partial charge in [0.15, 0.2) is 0 Å². The maximum Gasteiger partial charge on any atom is 0.267 e. The van der Waals surface area contributed by atoms with Crippen LogP contribution >= 0.6 is 0 Å². The Balaban J connectivity index is 1.36. The molecule has 3 heterocycles. The van der Waals surface area contributed by atoms with Crippen molar-refractivity contribution in [1.82, 2.24) is 24.6 Å². The van der Waals surface area contributed by atoms with E-state index in [0.29, 0.717) is 37.2 Å². The fourth-order valence-electron chi connectivity index (χ4n) is 3.58. The van der Waals surface area contributed by atoms with E-state index in [1.807, 2.05) is 29.6 Å². The molecule has 8 nitrogen and oxygen atoms in total. The second-order valence-electron chi connectivity index (χ2n) is 7.34. The summed E-state index contributed by atoms with van der Waals surface area (Å²) in [6, 6.07) is 0. The van der Waals surface area contributed by atoms with Crippen molar-refractivity contribution in [2.75, 3.05) is 19.7 Å². The molecule has 8 heteroatoms. The van der Waals surface area contributed by atoms with Gasteiger partial charge in [-0.2, -0.15) is 0 Å². The van der Waals surface area contributed by atoms with E-state index in [4.69, 9.17) is 9.15 Å². The Morgan fingerprint density at radius 3 is 2.80 bits per heavy atom. The van der Waals surface area contributed by atoms with Crippen molar-refractivity contribution in [3.05, 3.63) is 18.4 Å². The van der Waals surface area contributed by atoms with Gasteiger partial charge in [0, 0.05) is 38.9 Å². The molecule has 134 valence electrons. The number of amides is 1. The number of ether oxygens (including phenoxy) is 1. The minimum Gasteiger partial charge on any atom is -0.418 e. The number of carbonyl (C=O) groups excluding carboxylic acids is 1. The van der Waals surface area contributed by atoms with Crippen LogP contribution in [-0.4, -0.2) is 56.4 Å².